The molecule has 0 radical (unpaired) electrons. The highest BCUT2D eigenvalue weighted by atomic mass is 32.1. The Labute approximate surface area is 119 Å². The highest BCUT2D eigenvalue weighted by Crippen LogP contribution is 2.46. The van der Waals surface area contributed by atoms with E-state index in [1.807, 2.05) is 0 Å². The monoisotopic (exact) mass is 269 g/mol. The zero-order chi connectivity index (χ0) is 13.2. The standard InChI is InChI=1S/C16H31NS/c1-15(2,3)14(13-18)12-17-10-8-16(9-11-17)6-4-5-7-16/h14,18H,4-13H2,1-3H3. The molecular weight excluding hydrogens is 238 g/mol. The minimum atomic E-state index is 0.393. The lowest BCUT2D eigenvalue weighted by Gasteiger charge is -2.42. The van der Waals surface area contributed by atoms with Crippen LogP contribution < -0.4 is 0 Å². The predicted molar refractivity (Wildman–Crippen MR) is 83.4 cm³/mol. The second-order valence-electron chi connectivity index (χ2n) is 7.75. The number of likely N-dealkylation sites (tertiary alicyclic amines) is 1. The van der Waals surface area contributed by atoms with E-state index < -0.39 is 0 Å². The third kappa shape index (κ3) is 3.45. The van der Waals surface area contributed by atoms with Crippen LogP contribution >= 0.6 is 12.6 Å². The van der Waals surface area contributed by atoms with E-state index in [9.17, 15) is 0 Å². The maximum Gasteiger partial charge on any atom is 0.00225 e. The summed E-state index contributed by atoms with van der Waals surface area (Å²) in [7, 11) is 0. The summed E-state index contributed by atoms with van der Waals surface area (Å²) in [6.07, 6.45) is 8.90. The van der Waals surface area contributed by atoms with Gasteiger partial charge in [-0.15, -0.1) is 0 Å². The molecule has 0 N–H and O–H groups in total. The van der Waals surface area contributed by atoms with Gasteiger partial charge < -0.3 is 4.90 Å². The molecule has 1 unspecified atom stereocenters. The minimum Gasteiger partial charge on any atom is -0.303 e. The minimum absolute atomic E-state index is 0.393. The summed E-state index contributed by atoms with van der Waals surface area (Å²) >= 11 is 4.56. The first-order valence-electron chi connectivity index (χ1n) is 7.78. The molecule has 1 aliphatic carbocycles. The SMILES string of the molecule is CC(C)(C)C(CS)CN1CCC2(CCCC2)CC1. The second-order valence-corrected chi connectivity index (χ2v) is 8.12. The normalized spacial score (nSPS) is 26.7. The van der Waals surface area contributed by atoms with E-state index in [0.29, 0.717) is 5.41 Å². The van der Waals surface area contributed by atoms with E-state index >= 15 is 0 Å². The van der Waals surface area contributed by atoms with Crippen molar-refractivity contribution in [1.82, 2.24) is 4.90 Å². The summed E-state index contributed by atoms with van der Waals surface area (Å²) in [6.45, 7) is 11.0. The van der Waals surface area contributed by atoms with Crippen molar-refractivity contribution in [2.75, 3.05) is 25.4 Å². The molecule has 1 nitrogen and oxygen atoms in total. The Morgan fingerprint density at radius 2 is 1.61 bits per heavy atom. The molecule has 106 valence electrons. The number of rotatable bonds is 3. The Kier molecular flexibility index (Phi) is 4.70. The molecule has 1 atom stereocenters. The molecular formula is C16H31NS. The summed E-state index contributed by atoms with van der Waals surface area (Å²) in [4.78, 5) is 2.70. The highest BCUT2D eigenvalue weighted by Gasteiger charge is 2.37. The van der Waals surface area contributed by atoms with Crippen molar-refractivity contribution in [1.29, 1.82) is 0 Å². The zero-order valence-electron chi connectivity index (χ0n) is 12.5. The van der Waals surface area contributed by atoms with E-state index in [-0.39, 0.29) is 0 Å². The maximum atomic E-state index is 4.56. The maximum absolute atomic E-state index is 4.56. The number of hydrogen-bond acceptors (Lipinski definition) is 2. The first-order valence-corrected chi connectivity index (χ1v) is 8.42. The fraction of sp³-hybridized carbons (Fsp3) is 1.00. The van der Waals surface area contributed by atoms with E-state index in [1.54, 1.807) is 0 Å². The zero-order valence-corrected chi connectivity index (χ0v) is 13.4. The second kappa shape index (κ2) is 5.75. The van der Waals surface area contributed by atoms with Crippen LogP contribution in [0.1, 0.15) is 59.3 Å². The molecule has 0 aromatic rings. The van der Waals surface area contributed by atoms with E-state index in [2.05, 4.69) is 38.3 Å². The molecule has 0 amide bonds. The first-order chi connectivity index (χ1) is 8.45. The summed E-state index contributed by atoms with van der Waals surface area (Å²) in [5.41, 5.74) is 1.15. The van der Waals surface area contributed by atoms with Gasteiger partial charge in [0.15, 0.2) is 0 Å². The van der Waals surface area contributed by atoms with Crippen LogP contribution in [0.15, 0.2) is 0 Å². The van der Waals surface area contributed by atoms with Gasteiger partial charge in [0.05, 0.1) is 0 Å². The van der Waals surface area contributed by atoms with Gasteiger partial charge in [-0.05, 0) is 61.3 Å². The molecule has 1 spiro atoms. The molecule has 0 bridgehead atoms. The van der Waals surface area contributed by atoms with Crippen LogP contribution in [-0.4, -0.2) is 30.3 Å². The van der Waals surface area contributed by atoms with Crippen LogP contribution in [0.4, 0.5) is 0 Å². The van der Waals surface area contributed by atoms with Gasteiger partial charge in [0.25, 0.3) is 0 Å². The lowest BCUT2D eigenvalue weighted by Crippen LogP contribution is -2.43. The summed E-state index contributed by atoms with van der Waals surface area (Å²) in [5, 5.41) is 0. The van der Waals surface area contributed by atoms with Crippen LogP contribution in [0.5, 0.6) is 0 Å². The third-order valence-electron chi connectivity index (χ3n) is 5.50. The third-order valence-corrected chi connectivity index (χ3v) is 5.95. The smallest absolute Gasteiger partial charge is 0.00225 e. The molecule has 1 saturated heterocycles. The van der Waals surface area contributed by atoms with Crippen LogP contribution in [0.2, 0.25) is 0 Å². The molecule has 2 heteroatoms. The Hall–Kier alpha value is 0.310. The number of thiol groups is 1. The molecule has 0 aromatic heterocycles. The summed E-state index contributed by atoms with van der Waals surface area (Å²) in [6, 6.07) is 0. The highest BCUT2D eigenvalue weighted by molar-refractivity contribution is 7.80. The fourth-order valence-electron chi connectivity index (χ4n) is 3.75. The molecule has 2 aliphatic rings. The van der Waals surface area contributed by atoms with Crippen molar-refractivity contribution < 1.29 is 0 Å². The van der Waals surface area contributed by atoms with Gasteiger partial charge in [-0.2, -0.15) is 12.6 Å². The van der Waals surface area contributed by atoms with Crippen molar-refractivity contribution in [3.63, 3.8) is 0 Å². The largest absolute Gasteiger partial charge is 0.303 e. The van der Waals surface area contributed by atoms with Crippen LogP contribution in [-0.2, 0) is 0 Å². The fourth-order valence-corrected chi connectivity index (χ4v) is 4.42. The predicted octanol–water partition coefficient (Wildman–Crippen LogP) is 4.23. The van der Waals surface area contributed by atoms with Crippen molar-refractivity contribution in [3.05, 3.63) is 0 Å². The molecule has 1 aliphatic heterocycles. The average molecular weight is 269 g/mol. The van der Waals surface area contributed by atoms with Gasteiger partial charge >= 0.3 is 0 Å². The first kappa shape index (κ1) is 14.7. The van der Waals surface area contributed by atoms with Crippen LogP contribution in [0, 0.1) is 16.7 Å². The molecule has 1 saturated carbocycles. The summed E-state index contributed by atoms with van der Waals surface area (Å²) in [5.74, 6) is 1.74. The van der Waals surface area contributed by atoms with Gasteiger partial charge in [0, 0.05) is 6.54 Å². The topological polar surface area (TPSA) is 3.24 Å². The van der Waals surface area contributed by atoms with Gasteiger partial charge in [-0.25, -0.2) is 0 Å². The molecule has 18 heavy (non-hydrogen) atoms. The van der Waals surface area contributed by atoms with Crippen molar-refractivity contribution in [3.8, 4) is 0 Å². The lowest BCUT2D eigenvalue weighted by atomic mass is 9.76. The van der Waals surface area contributed by atoms with E-state index in [1.165, 1.54) is 58.2 Å². The Morgan fingerprint density at radius 3 is 2.06 bits per heavy atom. The number of hydrogen-bond donors (Lipinski definition) is 1. The van der Waals surface area contributed by atoms with Gasteiger partial charge in [0.1, 0.15) is 0 Å². The van der Waals surface area contributed by atoms with Gasteiger partial charge in [-0.1, -0.05) is 33.6 Å². The van der Waals surface area contributed by atoms with Crippen molar-refractivity contribution >= 4 is 12.6 Å². The van der Waals surface area contributed by atoms with Crippen LogP contribution in [0.3, 0.4) is 0 Å². The van der Waals surface area contributed by atoms with Crippen molar-refractivity contribution in [2.45, 2.75) is 59.3 Å². The van der Waals surface area contributed by atoms with Gasteiger partial charge in [0.2, 0.25) is 0 Å². The quantitative estimate of drug-likeness (QED) is 0.750. The average Bonchev–Trinajstić information content (AvgIpc) is 2.75. The molecule has 1 heterocycles. The molecule has 2 rings (SSSR count). The van der Waals surface area contributed by atoms with Crippen molar-refractivity contribution in [2.24, 2.45) is 16.7 Å². The lowest BCUT2D eigenvalue weighted by molar-refractivity contribution is 0.0797. The number of piperidine rings is 1. The summed E-state index contributed by atoms with van der Waals surface area (Å²) < 4.78 is 0. The Morgan fingerprint density at radius 1 is 1.06 bits per heavy atom. The molecule has 2 fully saturated rings. The van der Waals surface area contributed by atoms with Crippen LogP contribution in [0.25, 0.3) is 0 Å². The molecule has 0 aromatic carbocycles. The number of nitrogens with zero attached hydrogens (tertiary/aromatic N) is 1. The van der Waals surface area contributed by atoms with E-state index in [0.717, 1.165) is 17.1 Å². The van der Waals surface area contributed by atoms with Gasteiger partial charge in [-0.3, -0.25) is 0 Å². The Bertz CT molecular complexity index is 253. The Balaban J connectivity index is 1.82. The van der Waals surface area contributed by atoms with E-state index in [4.69, 9.17) is 0 Å².